The molecule has 0 spiro atoms. The fraction of sp³-hybridized carbons (Fsp3) is 0.360. The van der Waals surface area contributed by atoms with Crippen molar-refractivity contribution in [2.45, 2.75) is 59.0 Å². The Hall–Kier alpha value is -3.48. The van der Waals surface area contributed by atoms with Crippen molar-refractivity contribution in [3.63, 3.8) is 0 Å². The normalized spacial score (nSPS) is 11.4. The maximum atomic E-state index is 13.0. The van der Waals surface area contributed by atoms with E-state index in [9.17, 15) is 4.79 Å². The number of unbranched alkanes of at least 4 members (excludes halogenated alkanes) is 2. The predicted octanol–water partition coefficient (Wildman–Crippen LogP) is 4.86. The Morgan fingerprint density at radius 2 is 1.75 bits per heavy atom. The number of benzene rings is 2. The number of nitrogens with one attached hydrogen (secondary N) is 1. The van der Waals surface area contributed by atoms with Crippen LogP contribution in [0, 0.1) is 0 Å². The first kappa shape index (κ1) is 21.7. The Morgan fingerprint density at radius 3 is 2.41 bits per heavy atom. The first-order chi connectivity index (χ1) is 15.6. The zero-order valence-electron chi connectivity index (χ0n) is 19.0. The molecule has 32 heavy (non-hydrogen) atoms. The molecule has 0 bridgehead atoms. The molecule has 2 aromatic heterocycles. The number of aryl methyl sites for hydroxylation is 1. The van der Waals surface area contributed by atoms with Gasteiger partial charge in [-0.2, -0.15) is 0 Å². The van der Waals surface area contributed by atoms with Gasteiger partial charge in [-0.1, -0.05) is 68.3 Å². The molecule has 0 radical (unpaired) electrons. The van der Waals surface area contributed by atoms with Gasteiger partial charge in [-0.25, -0.2) is 9.89 Å². The summed E-state index contributed by atoms with van der Waals surface area (Å²) in [6.45, 7) is 6.88. The van der Waals surface area contributed by atoms with Crippen LogP contribution in [-0.2, 0) is 13.0 Å². The lowest BCUT2D eigenvalue weighted by Gasteiger charge is -2.10. The Morgan fingerprint density at radius 1 is 1.00 bits per heavy atom. The smallest absolute Gasteiger partial charge is 0.296 e. The lowest BCUT2D eigenvalue weighted by atomic mass is 9.98. The number of tetrazole rings is 1. The number of rotatable bonds is 9. The van der Waals surface area contributed by atoms with Crippen LogP contribution in [0.5, 0.6) is 0 Å². The van der Waals surface area contributed by atoms with E-state index in [0.717, 1.165) is 40.8 Å². The summed E-state index contributed by atoms with van der Waals surface area (Å²) < 4.78 is 3.77. The highest BCUT2D eigenvalue weighted by molar-refractivity contribution is 5.80. The fourth-order valence-electron chi connectivity index (χ4n) is 4.03. The molecule has 2 aromatic carbocycles. The SMILES string of the molecule is CCCCCc1cn(C(C)C)c(=O)n1Cc1ccc(-c2ccccc2-c2nnn[nH]2)cc1. The first-order valence-electron chi connectivity index (χ1n) is 11.3. The molecule has 0 amide bonds. The van der Waals surface area contributed by atoms with Gasteiger partial charge in [-0.3, -0.25) is 9.13 Å². The third kappa shape index (κ3) is 4.56. The van der Waals surface area contributed by atoms with Crippen LogP contribution in [0.4, 0.5) is 0 Å². The van der Waals surface area contributed by atoms with E-state index in [0.29, 0.717) is 12.4 Å². The number of H-pyrrole nitrogens is 1. The highest BCUT2D eigenvalue weighted by Crippen LogP contribution is 2.29. The van der Waals surface area contributed by atoms with Crippen molar-refractivity contribution >= 4 is 0 Å². The van der Waals surface area contributed by atoms with Crippen molar-refractivity contribution in [1.82, 2.24) is 29.8 Å². The lowest BCUT2D eigenvalue weighted by molar-refractivity contribution is 0.560. The van der Waals surface area contributed by atoms with E-state index in [1.807, 2.05) is 33.5 Å². The van der Waals surface area contributed by atoms with Gasteiger partial charge in [0.1, 0.15) is 0 Å². The summed E-state index contributed by atoms with van der Waals surface area (Å²) in [5.41, 5.74) is 5.38. The second kappa shape index (κ2) is 9.77. The van der Waals surface area contributed by atoms with Crippen LogP contribution >= 0.6 is 0 Å². The zero-order valence-corrected chi connectivity index (χ0v) is 19.0. The minimum absolute atomic E-state index is 0.0683. The number of aromatic amines is 1. The molecule has 4 aromatic rings. The van der Waals surface area contributed by atoms with Crippen molar-refractivity contribution in [3.05, 3.63) is 76.5 Å². The van der Waals surface area contributed by atoms with Crippen molar-refractivity contribution in [2.75, 3.05) is 0 Å². The highest BCUT2D eigenvalue weighted by Gasteiger charge is 2.14. The van der Waals surface area contributed by atoms with Gasteiger partial charge >= 0.3 is 5.69 Å². The molecule has 4 rings (SSSR count). The molecule has 7 heteroatoms. The van der Waals surface area contributed by atoms with E-state index in [1.54, 1.807) is 0 Å². The van der Waals surface area contributed by atoms with Gasteiger partial charge in [0, 0.05) is 23.5 Å². The molecule has 0 aliphatic rings. The second-order valence-electron chi connectivity index (χ2n) is 8.44. The van der Waals surface area contributed by atoms with Gasteiger partial charge in [0.25, 0.3) is 0 Å². The van der Waals surface area contributed by atoms with E-state index < -0.39 is 0 Å². The van der Waals surface area contributed by atoms with Gasteiger partial charge in [-0.05, 0) is 53.8 Å². The van der Waals surface area contributed by atoms with E-state index in [4.69, 9.17) is 0 Å². The predicted molar refractivity (Wildman–Crippen MR) is 126 cm³/mol. The molecule has 0 aliphatic carbocycles. The molecule has 0 aliphatic heterocycles. The molecule has 0 atom stereocenters. The second-order valence-corrected chi connectivity index (χ2v) is 8.44. The van der Waals surface area contributed by atoms with Gasteiger partial charge < -0.3 is 0 Å². The van der Waals surface area contributed by atoms with Crippen molar-refractivity contribution in [3.8, 4) is 22.5 Å². The number of hydrogen-bond acceptors (Lipinski definition) is 4. The van der Waals surface area contributed by atoms with Gasteiger partial charge in [0.05, 0.1) is 6.54 Å². The molecule has 0 fully saturated rings. The molecular weight excluding hydrogens is 400 g/mol. The molecule has 2 heterocycles. The third-order valence-electron chi connectivity index (χ3n) is 5.81. The summed E-state index contributed by atoms with van der Waals surface area (Å²) >= 11 is 0. The van der Waals surface area contributed by atoms with Crippen molar-refractivity contribution in [1.29, 1.82) is 0 Å². The van der Waals surface area contributed by atoms with E-state index >= 15 is 0 Å². The van der Waals surface area contributed by atoms with Crippen LogP contribution < -0.4 is 5.69 Å². The maximum Gasteiger partial charge on any atom is 0.328 e. The van der Waals surface area contributed by atoms with Gasteiger partial charge in [0.2, 0.25) is 0 Å². The van der Waals surface area contributed by atoms with Crippen LogP contribution in [-0.4, -0.2) is 29.8 Å². The third-order valence-corrected chi connectivity index (χ3v) is 5.81. The average molecular weight is 431 g/mol. The molecule has 7 nitrogen and oxygen atoms in total. The first-order valence-corrected chi connectivity index (χ1v) is 11.3. The standard InChI is InChI=1S/C25H30N6O/c1-4-5-6-9-21-17-30(18(2)3)25(32)31(21)16-19-12-14-20(15-13-19)22-10-7-8-11-23(22)24-26-28-29-27-24/h7-8,10-15,17-18H,4-6,9,16H2,1-3H3,(H,26,27,28,29). The van der Waals surface area contributed by atoms with Crippen LogP contribution in [0.1, 0.15) is 57.3 Å². The Balaban J connectivity index is 1.61. The molecule has 166 valence electrons. The highest BCUT2D eigenvalue weighted by atomic mass is 16.1. The quantitative estimate of drug-likeness (QED) is 0.385. The maximum absolute atomic E-state index is 13.0. The number of aromatic nitrogens is 6. The van der Waals surface area contributed by atoms with Crippen molar-refractivity contribution < 1.29 is 0 Å². The summed E-state index contributed by atoms with van der Waals surface area (Å²) in [5, 5.41) is 14.3. The average Bonchev–Trinajstić information content (AvgIpc) is 3.44. The Bertz CT molecular complexity index is 1200. The minimum Gasteiger partial charge on any atom is -0.296 e. The van der Waals surface area contributed by atoms with E-state index in [1.165, 1.54) is 12.8 Å². The van der Waals surface area contributed by atoms with Crippen molar-refractivity contribution in [2.24, 2.45) is 0 Å². The molecule has 0 saturated heterocycles. The topological polar surface area (TPSA) is 81.4 Å². The monoisotopic (exact) mass is 430 g/mol. The zero-order chi connectivity index (χ0) is 22.5. The summed E-state index contributed by atoms with van der Waals surface area (Å²) in [5.74, 6) is 0.642. The number of hydrogen-bond donors (Lipinski definition) is 1. The molecule has 0 unspecified atom stereocenters. The number of nitrogens with zero attached hydrogens (tertiary/aromatic N) is 5. The van der Waals surface area contributed by atoms with Gasteiger partial charge in [-0.15, -0.1) is 5.10 Å². The Kier molecular flexibility index (Phi) is 6.63. The molecule has 1 N–H and O–H groups in total. The summed E-state index contributed by atoms with van der Waals surface area (Å²) in [4.78, 5) is 13.0. The number of imidazole rings is 1. The Labute approximate surface area is 188 Å². The largest absolute Gasteiger partial charge is 0.328 e. The van der Waals surface area contributed by atoms with Crippen LogP contribution in [0.25, 0.3) is 22.5 Å². The van der Waals surface area contributed by atoms with Crippen LogP contribution in [0.3, 0.4) is 0 Å². The summed E-state index contributed by atoms with van der Waals surface area (Å²) in [7, 11) is 0. The lowest BCUT2D eigenvalue weighted by Crippen LogP contribution is -2.26. The summed E-state index contributed by atoms with van der Waals surface area (Å²) in [6, 6.07) is 16.6. The van der Waals surface area contributed by atoms with Crippen LogP contribution in [0.15, 0.2) is 59.5 Å². The van der Waals surface area contributed by atoms with E-state index in [2.05, 4.69) is 71.7 Å². The molecular formula is C25H30N6O. The molecule has 0 saturated carbocycles. The van der Waals surface area contributed by atoms with Gasteiger partial charge in [0.15, 0.2) is 5.82 Å². The minimum atomic E-state index is 0.0683. The van der Waals surface area contributed by atoms with Crippen LogP contribution in [0.2, 0.25) is 0 Å². The van der Waals surface area contributed by atoms with E-state index in [-0.39, 0.29) is 11.7 Å². The summed E-state index contributed by atoms with van der Waals surface area (Å²) in [6.07, 6.45) is 6.42. The fourth-order valence-corrected chi connectivity index (χ4v) is 4.03.